The largest absolute Gasteiger partial charge is 0.380 e. The summed E-state index contributed by atoms with van der Waals surface area (Å²) in [5.41, 5.74) is 0.753. The highest BCUT2D eigenvalue weighted by Crippen LogP contribution is 2.05. The van der Waals surface area contributed by atoms with E-state index >= 15 is 0 Å². The molecule has 0 aromatic carbocycles. The van der Waals surface area contributed by atoms with Crippen LogP contribution in [0.2, 0.25) is 0 Å². The fourth-order valence-corrected chi connectivity index (χ4v) is 2.41. The zero-order valence-electron chi connectivity index (χ0n) is 12.9. The lowest BCUT2D eigenvalue weighted by molar-refractivity contribution is 0.0919. The van der Waals surface area contributed by atoms with Crippen molar-refractivity contribution in [2.24, 2.45) is 13.0 Å². The zero-order valence-corrected chi connectivity index (χ0v) is 12.9. The second kappa shape index (κ2) is 6.87. The molecule has 0 saturated carbocycles. The summed E-state index contributed by atoms with van der Waals surface area (Å²) in [5.74, 6) is -0.0711. The number of carbonyl (C=O) groups excluding carboxylic acids is 1. The summed E-state index contributed by atoms with van der Waals surface area (Å²) in [5, 5.41) is 2.85. The van der Waals surface area contributed by atoms with Crippen LogP contribution < -0.4 is 10.9 Å². The Balaban J connectivity index is 1.99. The first kappa shape index (κ1) is 15.7. The summed E-state index contributed by atoms with van der Waals surface area (Å²) in [6.45, 7) is 5.49. The third kappa shape index (κ3) is 3.92. The summed E-state index contributed by atoms with van der Waals surface area (Å²) in [7, 11) is 3.71. The third-order valence-corrected chi connectivity index (χ3v) is 3.89. The molecule has 1 saturated heterocycles. The van der Waals surface area contributed by atoms with Gasteiger partial charge in [-0.05, 0) is 26.1 Å². The Bertz CT molecular complexity index is 568. The quantitative estimate of drug-likeness (QED) is 0.852. The summed E-state index contributed by atoms with van der Waals surface area (Å²) in [6.07, 6.45) is 0. The minimum absolute atomic E-state index is 0.186. The number of pyridine rings is 1. The molecule has 1 aromatic heterocycles. The second-order valence-electron chi connectivity index (χ2n) is 5.67. The molecule has 1 aliphatic heterocycles. The Kier molecular flexibility index (Phi) is 5.14. The van der Waals surface area contributed by atoms with Crippen LogP contribution in [-0.2, 0) is 11.8 Å². The number of hydrogen-bond acceptors (Lipinski definition) is 4. The topological polar surface area (TPSA) is 63.6 Å². The molecule has 1 N–H and O–H groups in total. The molecule has 1 fully saturated rings. The van der Waals surface area contributed by atoms with E-state index in [1.54, 1.807) is 19.2 Å². The predicted octanol–water partition coefficient (Wildman–Crippen LogP) is 0.00172. The van der Waals surface area contributed by atoms with E-state index in [4.69, 9.17) is 4.74 Å². The molecule has 0 bridgehead atoms. The first-order chi connectivity index (χ1) is 9.99. The highest BCUT2D eigenvalue weighted by Gasteiger charge is 2.18. The van der Waals surface area contributed by atoms with Crippen molar-refractivity contribution in [3.05, 3.63) is 33.7 Å². The summed E-state index contributed by atoms with van der Waals surface area (Å²) >= 11 is 0. The molecule has 1 aromatic rings. The summed E-state index contributed by atoms with van der Waals surface area (Å²) < 4.78 is 7.00. The van der Waals surface area contributed by atoms with Gasteiger partial charge in [-0.25, -0.2) is 0 Å². The number of amides is 1. The molecule has 2 heterocycles. The zero-order chi connectivity index (χ0) is 15.4. The fourth-order valence-electron chi connectivity index (χ4n) is 2.41. The van der Waals surface area contributed by atoms with Crippen molar-refractivity contribution < 1.29 is 9.53 Å². The van der Waals surface area contributed by atoms with Crippen LogP contribution in [0.5, 0.6) is 0 Å². The van der Waals surface area contributed by atoms with Crippen molar-refractivity contribution in [3.63, 3.8) is 0 Å². The molecule has 0 spiro atoms. The maximum absolute atomic E-state index is 12.2. The molecule has 1 amide bonds. The molecule has 2 rings (SSSR count). The standard InChI is InChI=1S/C15H23N3O3/c1-11-4-5-13(15(20)18(11)3)14(19)16-8-12-9-17(2)6-7-21-10-12/h4-5,12H,6-10H2,1-3H3,(H,16,19)/t12-/m0/s1. The number of nitrogens with one attached hydrogen (secondary N) is 1. The molecule has 6 heteroatoms. The first-order valence-corrected chi connectivity index (χ1v) is 7.20. The van der Waals surface area contributed by atoms with Crippen LogP contribution in [-0.4, -0.2) is 55.3 Å². The molecule has 116 valence electrons. The molecule has 1 aliphatic rings. The average Bonchev–Trinajstić information content (AvgIpc) is 2.66. The van der Waals surface area contributed by atoms with Gasteiger partial charge in [0.2, 0.25) is 0 Å². The van der Waals surface area contributed by atoms with Gasteiger partial charge in [0.25, 0.3) is 11.5 Å². The van der Waals surface area contributed by atoms with Crippen molar-refractivity contribution in [1.29, 1.82) is 0 Å². The average molecular weight is 293 g/mol. The SMILES string of the molecule is Cc1ccc(C(=O)NC[C@@H]2COCCN(C)C2)c(=O)n1C. The van der Waals surface area contributed by atoms with Crippen molar-refractivity contribution in [2.75, 3.05) is 39.9 Å². The Labute approximate surface area is 124 Å². The molecule has 0 radical (unpaired) electrons. The number of hydrogen-bond donors (Lipinski definition) is 1. The number of likely N-dealkylation sites (N-methyl/N-ethyl adjacent to an activating group) is 1. The van der Waals surface area contributed by atoms with Crippen molar-refractivity contribution in [2.45, 2.75) is 6.92 Å². The molecule has 6 nitrogen and oxygen atoms in total. The molecular weight excluding hydrogens is 270 g/mol. The first-order valence-electron chi connectivity index (χ1n) is 7.20. The van der Waals surface area contributed by atoms with Gasteiger partial charge in [-0.1, -0.05) is 0 Å². The van der Waals surface area contributed by atoms with Crippen molar-refractivity contribution >= 4 is 5.91 Å². The third-order valence-electron chi connectivity index (χ3n) is 3.89. The Morgan fingerprint density at radius 2 is 2.19 bits per heavy atom. The Hall–Kier alpha value is -1.66. The van der Waals surface area contributed by atoms with Gasteiger partial charge in [-0.3, -0.25) is 9.59 Å². The number of rotatable bonds is 3. The highest BCUT2D eigenvalue weighted by atomic mass is 16.5. The van der Waals surface area contributed by atoms with E-state index < -0.39 is 0 Å². The highest BCUT2D eigenvalue weighted by molar-refractivity contribution is 5.93. The van der Waals surface area contributed by atoms with Crippen LogP contribution in [0.1, 0.15) is 16.1 Å². The predicted molar refractivity (Wildman–Crippen MR) is 80.6 cm³/mol. The number of carbonyl (C=O) groups is 1. The van der Waals surface area contributed by atoms with Crippen LogP contribution in [0.25, 0.3) is 0 Å². The number of aryl methyl sites for hydroxylation is 1. The smallest absolute Gasteiger partial charge is 0.263 e. The summed E-state index contributed by atoms with van der Waals surface area (Å²) in [6, 6.07) is 3.36. The second-order valence-corrected chi connectivity index (χ2v) is 5.67. The minimum Gasteiger partial charge on any atom is -0.380 e. The van der Waals surface area contributed by atoms with Gasteiger partial charge in [-0.2, -0.15) is 0 Å². The van der Waals surface area contributed by atoms with E-state index in [0.29, 0.717) is 13.2 Å². The van der Waals surface area contributed by atoms with Crippen LogP contribution >= 0.6 is 0 Å². The van der Waals surface area contributed by atoms with Gasteiger partial charge < -0.3 is 19.5 Å². The van der Waals surface area contributed by atoms with Crippen LogP contribution in [0.3, 0.4) is 0 Å². The minimum atomic E-state index is -0.317. The van der Waals surface area contributed by atoms with Gasteiger partial charge in [0.1, 0.15) is 5.56 Å². The Morgan fingerprint density at radius 1 is 1.43 bits per heavy atom. The Morgan fingerprint density at radius 3 is 2.95 bits per heavy atom. The molecule has 21 heavy (non-hydrogen) atoms. The number of aromatic nitrogens is 1. The summed E-state index contributed by atoms with van der Waals surface area (Å²) in [4.78, 5) is 26.4. The van der Waals surface area contributed by atoms with E-state index in [9.17, 15) is 9.59 Å². The van der Waals surface area contributed by atoms with Crippen molar-refractivity contribution in [1.82, 2.24) is 14.8 Å². The molecular formula is C15H23N3O3. The molecule has 1 atom stereocenters. The molecule has 0 aliphatic carbocycles. The van der Waals surface area contributed by atoms with E-state index in [0.717, 1.165) is 25.4 Å². The van der Waals surface area contributed by atoms with Gasteiger partial charge in [0, 0.05) is 38.3 Å². The lowest BCUT2D eigenvalue weighted by Crippen LogP contribution is -2.38. The van der Waals surface area contributed by atoms with E-state index in [-0.39, 0.29) is 22.9 Å². The van der Waals surface area contributed by atoms with E-state index in [1.165, 1.54) is 4.57 Å². The lowest BCUT2D eigenvalue weighted by Gasteiger charge is -2.19. The van der Waals surface area contributed by atoms with Gasteiger partial charge in [-0.15, -0.1) is 0 Å². The maximum Gasteiger partial charge on any atom is 0.263 e. The number of nitrogens with zero attached hydrogens (tertiary/aromatic N) is 2. The van der Waals surface area contributed by atoms with Crippen LogP contribution in [0, 0.1) is 12.8 Å². The number of ether oxygens (including phenoxy) is 1. The normalized spacial score (nSPS) is 20.0. The maximum atomic E-state index is 12.2. The van der Waals surface area contributed by atoms with Gasteiger partial charge in [0.15, 0.2) is 0 Å². The monoisotopic (exact) mass is 293 g/mol. The van der Waals surface area contributed by atoms with Crippen LogP contribution in [0.4, 0.5) is 0 Å². The van der Waals surface area contributed by atoms with Gasteiger partial charge >= 0.3 is 0 Å². The van der Waals surface area contributed by atoms with Crippen molar-refractivity contribution in [3.8, 4) is 0 Å². The fraction of sp³-hybridized carbons (Fsp3) is 0.600. The van der Waals surface area contributed by atoms with Crippen LogP contribution in [0.15, 0.2) is 16.9 Å². The lowest BCUT2D eigenvalue weighted by atomic mass is 10.1. The van der Waals surface area contributed by atoms with Gasteiger partial charge in [0.05, 0.1) is 13.2 Å². The van der Waals surface area contributed by atoms with E-state index in [1.807, 2.05) is 14.0 Å². The molecule has 0 unspecified atom stereocenters. The van der Waals surface area contributed by atoms with E-state index in [2.05, 4.69) is 10.2 Å².